The number of hydrogen-bond acceptors (Lipinski definition) is 5. The van der Waals surface area contributed by atoms with Crippen LogP contribution < -0.4 is 10.6 Å². The monoisotopic (exact) mass is 262 g/mol. The van der Waals surface area contributed by atoms with E-state index in [-0.39, 0.29) is 5.54 Å². The zero-order valence-corrected chi connectivity index (χ0v) is 11.7. The van der Waals surface area contributed by atoms with Crippen molar-refractivity contribution in [3.63, 3.8) is 0 Å². The third kappa shape index (κ3) is 3.27. The molecule has 0 spiro atoms. The molecule has 2 rings (SSSR count). The Morgan fingerprint density at radius 3 is 2.56 bits per heavy atom. The number of nitrogens with zero attached hydrogens (tertiary/aromatic N) is 3. The Labute approximate surface area is 111 Å². The van der Waals surface area contributed by atoms with Gasteiger partial charge in [-0.3, -0.25) is 0 Å². The molecule has 0 radical (unpaired) electrons. The topological polar surface area (TPSA) is 55.0 Å². The molecule has 2 heterocycles. The van der Waals surface area contributed by atoms with Gasteiger partial charge in [0, 0.05) is 19.1 Å². The lowest BCUT2D eigenvalue weighted by atomic mass is 10.1. The van der Waals surface area contributed by atoms with Crippen LogP contribution in [-0.4, -0.2) is 29.3 Å². The summed E-state index contributed by atoms with van der Waals surface area (Å²) in [4.78, 5) is 3.15. The standard InChI is InChI=1S/C13H18N4S/c1-13(2,14)9-17(3)12-7-6-10(15-16-12)11-5-4-8-18-11/h4-8H,9,14H2,1-3H3. The maximum absolute atomic E-state index is 5.99. The van der Waals surface area contributed by atoms with E-state index in [4.69, 9.17) is 5.73 Å². The van der Waals surface area contributed by atoms with E-state index in [9.17, 15) is 0 Å². The highest BCUT2D eigenvalue weighted by molar-refractivity contribution is 7.13. The summed E-state index contributed by atoms with van der Waals surface area (Å²) in [5.74, 6) is 0.842. The second-order valence-electron chi connectivity index (χ2n) is 5.10. The van der Waals surface area contributed by atoms with Crippen LogP contribution in [0.4, 0.5) is 5.82 Å². The van der Waals surface area contributed by atoms with Crippen LogP contribution in [0.5, 0.6) is 0 Å². The third-order valence-electron chi connectivity index (χ3n) is 2.46. The maximum Gasteiger partial charge on any atom is 0.151 e. The lowest BCUT2D eigenvalue weighted by Gasteiger charge is -2.26. The number of anilines is 1. The molecule has 4 nitrogen and oxygen atoms in total. The summed E-state index contributed by atoms with van der Waals surface area (Å²) in [5, 5.41) is 10.5. The molecule has 0 unspecified atom stereocenters. The van der Waals surface area contributed by atoms with Crippen LogP contribution in [0.15, 0.2) is 29.6 Å². The maximum atomic E-state index is 5.99. The molecule has 2 aromatic rings. The molecule has 96 valence electrons. The van der Waals surface area contributed by atoms with Crippen molar-refractivity contribution in [2.24, 2.45) is 5.73 Å². The molecule has 0 fully saturated rings. The lowest BCUT2D eigenvalue weighted by molar-refractivity contribution is 0.516. The predicted octanol–water partition coefficient (Wildman–Crippen LogP) is 2.38. The number of hydrogen-bond donors (Lipinski definition) is 1. The molecular formula is C13H18N4S. The fourth-order valence-electron chi connectivity index (χ4n) is 1.78. The van der Waals surface area contributed by atoms with Crippen molar-refractivity contribution in [1.29, 1.82) is 0 Å². The van der Waals surface area contributed by atoms with Gasteiger partial charge >= 0.3 is 0 Å². The van der Waals surface area contributed by atoms with E-state index in [1.165, 1.54) is 0 Å². The Morgan fingerprint density at radius 2 is 2.06 bits per heavy atom. The second kappa shape index (κ2) is 5.04. The van der Waals surface area contributed by atoms with Crippen LogP contribution in [-0.2, 0) is 0 Å². The molecule has 18 heavy (non-hydrogen) atoms. The van der Waals surface area contributed by atoms with Crippen molar-refractivity contribution in [2.45, 2.75) is 19.4 Å². The van der Waals surface area contributed by atoms with E-state index in [2.05, 4.69) is 10.2 Å². The SMILES string of the molecule is CN(CC(C)(C)N)c1ccc(-c2cccs2)nn1. The van der Waals surface area contributed by atoms with E-state index in [1.807, 2.05) is 55.4 Å². The smallest absolute Gasteiger partial charge is 0.151 e. The van der Waals surface area contributed by atoms with E-state index in [0.717, 1.165) is 22.9 Å². The fourth-order valence-corrected chi connectivity index (χ4v) is 2.47. The highest BCUT2D eigenvalue weighted by Crippen LogP contribution is 2.23. The number of aromatic nitrogens is 2. The van der Waals surface area contributed by atoms with Gasteiger partial charge < -0.3 is 10.6 Å². The fraction of sp³-hybridized carbons (Fsp3) is 0.385. The molecule has 0 aliphatic heterocycles. The highest BCUT2D eigenvalue weighted by atomic mass is 32.1. The van der Waals surface area contributed by atoms with Gasteiger partial charge in [-0.25, -0.2) is 0 Å². The van der Waals surface area contributed by atoms with Crippen LogP contribution in [0.25, 0.3) is 10.6 Å². The van der Waals surface area contributed by atoms with E-state index in [1.54, 1.807) is 11.3 Å². The molecule has 5 heteroatoms. The van der Waals surface area contributed by atoms with Gasteiger partial charge in [0.25, 0.3) is 0 Å². The Bertz CT molecular complexity index is 485. The molecule has 0 aromatic carbocycles. The van der Waals surface area contributed by atoms with Gasteiger partial charge in [0.2, 0.25) is 0 Å². The largest absolute Gasteiger partial charge is 0.356 e. The molecule has 0 aliphatic carbocycles. The van der Waals surface area contributed by atoms with Gasteiger partial charge in [-0.05, 0) is 37.4 Å². The highest BCUT2D eigenvalue weighted by Gasteiger charge is 2.15. The summed E-state index contributed by atoms with van der Waals surface area (Å²) in [6.07, 6.45) is 0. The Kier molecular flexibility index (Phi) is 3.63. The number of likely N-dealkylation sites (N-methyl/N-ethyl adjacent to an activating group) is 1. The summed E-state index contributed by atoms with van der Waals surface area (Å²) in [7, 11) is 1.98. The first-order valence-corrected chi connectivity index (χ1v) is 6.71. The Morgan fingerprint density at radius 1 is 1.28 bits per heavy atom. The Hall–Kier alpha value is -1.46. The third-order valence-corrected chi connectivity index (χ3v) is 3.35. The van der Waals surface area contributed by atoms with Crippen molar-refractivity contribution in [2.75, 3.05) is 18.5 Å². The zero-order chi connectivity index (χ0) is 13.2. The Balaban J connectivity index is 2.13. The molecule has 0 bridgehead atoms. The summed E-state index contributed by atoms with van der Waals surface area (Å²) in [6.45, 7) is 4.73. The number of nitrogens with two attached hydrogens (primary N) is 1. The van der Waals surface area contributed by atoms with Crippen LogP contribution in [0.2, 0.25) is 0 Å². The summed E-state index contributed by atoms with van der Waals surface area (Å²) < 4.78 is 0. The first-order valence-electron chi connectivity index (χ1n) is 5.83. The minimum Gasteiger partial charge on any atom is -0.356 e. The first kappa shape index (κ1) is 13.0. The quantitative estimate of drug-likeness (QED) is 0.919. The van der Waals surface area contributed by atoms with Crippen molar-refractivity contribution in [1.82, 2.24) is 10.2 Å². The van der Waals surface area contributed by atoms with Gasteiger partial charge in [0.05, 0.1) is 4.88 Å². The van der Waals surface area contributed by atoms with Gasteiger partial charge in [0.1, 0.15) is 5.69 Å². The van der Waals surface area contributed by atoms with Crippen molar-refractivity contribution in [3.05, 3.63) is 29.6 Å². The zero-order valence-electron chi connectivity index (χ0n) is 10.9. The molecule has 0 saturated carbocycles. The second-order valence-corrected chi connectivity index (χ2v) is 6.05. The molecule has 0 atom stereocenters. The average molecular weight is 262 g/mol. The van der Waals surface area contributed by atoms with Crippen LogP contribution >= 0.6 is 11.3 Å². The van der Waals surface area contributed by atoms with Gasteiger partial charge in [-0.1, -0.05) is 6.07 Å². The van der Waals surface area contributed by atoms with E-state index in [0.29, 0.717) is 0 Å². The normalized spacial score (nSPS) is 11.6. The minimum absolute atomic E-state index is 0.247. The molecule has 2 N–H and O–H groups in total. The predicted molar refractivity (Wildman–Crippen MR) is 76.9 cm³/mol. The van der Waals surface area contributed by atoms with Crippen LogP contribution in [0, 0.1) is 0 Å². The van der Waals surface area contributed by atoms with Crippen molar-refractivity contribution in [3.8, 4) is 10.6 Å². The molecule has 0 saturated heterocycles. The molecule has 2 aromatic heterocycles. The molecule has 0 aliphatic rings. The van der Waals surface area contributed by atoms with E-state index >= 15 is 0 Å². The summed E-state index contributed by atoms with van der Waals surface area (Å²) >= 11 is 1.66. The lowest BCUT2D eigenvalue weighted by Crippen LogP contribution is -2.44. The van der Waals surface area contributed by atoms with Crippen LogP contribution in [0.3, 0.4) is 0 Å². The summed E-state index contributed by atoms with van der Waals surface area (Å²) in [5.41, 5.74) is 6.66. The summed E-state index contributed by atoms with van der Waals surface area (Å²) in [6, 6.07) is 8.03. The first-order chi connectivity index (χ1) is 8.46. The van der Waals surface area contributed by atoms with Crippen molar-refractivity contribution < 1.29 is 0 Å². The van der Waals surface area contributed by atoms with Gasteiger partial charge in [0.15, 0.2) is 5.82 Å². The minimum atomic E-state index is -0.247. The number of thiophene rings is 1. The number of rotatable bonds is 4. The molecular weight excluding hydrogens is 244 g/mol. The molecule has 0 amide bonds. The van der Waals surface area contributed by atoms with Gasteiger partial charge in [-0.15, -0.1) is 21.5 Å². The van der Waals surface area contributed by atoms with Crippen LogP contribution in [0.1, 0.15) is 13.8 Å². The van der Waals surface area contributed by atoms with Crippen molar-refractivity contribution >= 4 is 17.2 Å². The average Bonchev–Trinajstić information content (AvgIpc) is 2.80. The van der Waals surface area contributed by atoms with Gasteiger partial charge in [-0.2, -0.15) is 0 Å². The van der Waals surface area contributed by atoms with E-state index < -0.39 is 0 Å².